The first-order chi connectivity index (χ1) is 11.0. The molecule has 1 atom stereocenters. The molecule has 0 aliphatic carbocycles. The molecule has 0 radical (unpaired) electrons. The molecule has 8 nitrogen and oxygen atoms in total. The first kappa shape index (κ1) is 15.8. The highest BCUT2D eigenvalue weighted by Gasteiger charge is 2.32. The van der Waals surface area contributed by atoms with E-state index in [9.17, 15) is 8.42 Å². The lowest BCUT2D eigenvalue weighted by atomic mass is 10.2. The zero-order chi connectivity index (χ0) is 16.4. The molecule has 2 aromatic rings. The van der Waals surface area contributed by atoms with Gasteiger partial charge in [-0.3, -0.25) is 4.98 Å². The fourth-order valence-electron chi connectivity index (χ4n) is 2.45. The summed E-state index contributed by atoms with van der Waals surface area (Å²) in [5, 5.41) is 0. The summed E-state index contributed by atoms with van der Waals surface area (Å²) in [5.41, 5.74) is 6.32. The van der Waals surface area contributed by atoms with Crippen LogP contribution in [-0.4, -0.2) is 47.4 Å². The number of nitrogens with two attached hydrogens (primary N) is 1. The normalized spacial score (nSPS) is 19.6. The minimum Gasteiger partial charge on any atom is -0.384 e. The van der Waals surface area contributed by atoms with E-state index in [0.717, 1.165) is 0 Å². The minimum atomic E-state index is -3.61. The summed E-state index contributed by atoms with van der Waals surface area (Å²) in [7, 11) is -3.61. The maximum atomic E-state index is 12.7. The van der Waals surface area contributed by atoms with Crippen molar-refractivity contribution in [1.29, 1.82) is 0 Å². The van der Waals surface area contributed by atoms with Crippen LogP contribution in [0.4, 0.5) is 5.82 Å². The van der Waals surface area contributed by atoms with Gasteiger partial charge in [-0.1, -0.05) is 0 Å². The fraction of sp³-hybridized carbons (Fsp3) is 0.357. The van der Waals surface area contributed by atoms with E-state index >= 15 is 0 Å². The molecule has 0 saturated carbocycles. The van der Waals surface area contributed by atoms with Crippen molar-refractivity contribution in [2.24, 2.45) is 0 Å². The number of nitrogens with zero attached hydrogens (tertiary/aromatic N) is 4. The molecule has 9 heteroatoms. The number of nitrogen functional groups attached to an aromatic ring is 1. The Labute approximate surface area is 134 Å². The molecular formula is C14H17N5O3S. The summed E-state index contributed by atoms with van der Waals surface area (Å²) in [6.07, 6.45) is 2.40. The van der Waals surface area contributed by atoms with Crippen molar-refractivity contribution in [2.45, 2.75) is 17.9 Å². The van der Waals surface area contributed by atoms with Crippen molar-refractivity contribution in [3.05, 3.63) is 42.1 Å². The van der Waals surface area contributed by atoms with Gasteiger partial charge in [-0.15, -0.1) is 0 Å². The topological polar surface area (TPSA) is 111 Å². The van der Waals surface area contributed by atoms with Crippen molar-refractivity contribution < 1.29 is 13.2 Å². The van der Waals surface area contributed by atoms with Crippen LogP contribution in [0.3, 0.4) is 0 Å². The first-order valence-corrected chi connectivity index (χ1v) is 8.53. The van der Waals surface area contributed by atoms with Gasteiger partial charge in [-0.2, -0.15) is 4.31 Å². The number of hydrogen-bond acceptors (Lipinski definition) is 7. The number of sulfonamides is 1. The first-order valence-electron chi connectivity index (χ1n) is 7.09. The Balaban J connectivity index is 1.86. The largest absolute Gasteiger partial charge is 0.384 e. The number of anilines is 1. The molecule has 3 rings (SSSR count). The standard InChI is InChI=1S/C14H17N5O3S/c1-10-17-12(7-14(15)18-10)13-9-19(5-6-22-13)23(20,21)11-3-2-4-16-8-11/h2-4,7-8,13H,5-6,9H2,1H3,(H2,15,17,18)/t13-/m0/s1. The van der Waals surface area contributed by atoms with Crippen molar-refractivity contribution in [3.63, 3.8) is 0 Å². The lowest BCUT2D eigenvalue weighted by Gasteiger charge is -2.31. The summed E-state index contributed by atoms with van der Waals surface area (Å²) in [5.74, 6) is 0.860. The second-order valence-electron chi connectivity index (χ2n) is 5.18. The van der Waals surface area contributed by atoms with Crippen LogP contribution in [0.25, 0.3) is 0 Å². The molecule has 0 aromatic carbocycles. The van der Waals surface area contributed by atoms with E-state index in [1.165, 1.54) is 22.8 Å². The lowest BCUT2D eigenvalue weighted by molar-refractivity contribution is -0.00505. The molecule has 0 spiro atoms. The van der Waals surface area contributed by atoms with Gasteiger partial charge in [-0.25, -0.2) is 18.4 Å². The number of aryl methyl sites for hydroxylation is 1. The van der Waals surface area contributed by atoms with Crippen LogP contribution in [-0.2, 0) is 14.8 Å². The molecule has 1 saturated heterocycles. The molecule has 2 aromatic heterocycles. The highest BCUT2D eigenvalue weighted by Crippen LogP contribution is 2.25. The highest BCUT2D eigenvalue weighted by molar-refractivity contribution is 7.89. The third-order valence-corrected chi connectivity index (χ3v) is 5.36. The molecule has 0 bridgehead atoms. The van der Waals surface area contributed by atoms with Gasteiger partial charge in [0.25, 0.3) is 0 Å². The average Bonchev–Trinajstić information content (AvgIpc) is 2.55. The van der Waals surface area contributed by atoms with Gasteiger partial charge in [0, 0.05) is 31.5 Å². The molecule has 3 heterocycles. The van der Waals surface area contributed by atoms with Crippen LogP contribution >= 0.6 is 0 Å². The summed E-state index contributed by atoms with van der Waals surface area (Å²) >= 11 is 0. The zero-order valence-corrected chi connectivity index (χ0v) is 13.4. The SMILES string of the molecule is Cc1nc(N)cc([C@@H]2CN(S(=O)(=O)c3cccnc3)CCO2)n1. The van der Waals surface area contributed by atoms with Gasteiger partial charge in [0.15, 0.2) is 0 Å². The Kier molecular flexibility index (Phi) is 4.24. The molecule has 23 heavy (non-hydrogen) atoms. The Bertz CT molecular complexity index is 777. The number of pyridine rings is 1. The minimum absolute atomic E-state index is 0.166. The number of morpholine rings is 1. The number of hydrogen-bond donors (Lipinski definition) is 1. The smallest absolute Gasteiger partial charge is 0.244 e. The van der Waals surface area contributed by atoms with Crippen molar-refractivity contribution in [1.82, 2.24) is 19.3 Å². The van der Waals surface area contributed by atoms with Crippen LogP contribution < -0.4 is 5.73 Å². The van der Waals surface area contributed by atoms with E-state index in [4.69, 9.17) is 10.5 Å². The van der Waals surface area contributed by atoms with Crippen molar-refractivity contribution in [3.8, 4) is 0 Å². The summed E-state index contributed by atoms with van der Waals surface area (Å²) in [6.45, 7) is 2.47. The quantitative estimate of drug-likeness (QED) is 0.870. The van der Waals surface area contributed by atoms with Gasteiger partial charge >= 0.3 is 0 Å². The van der Waals surface area contributed by atoms with E-state index in [2.05, 4.69) is 15.0 Å². The van der Waals surface area contributed by atoms with E-state index in [-0.39, 0.29) is 24.6 Å². The monoisotopic (exact) mass is 335 g/mol. The van der Waals surface area contributed by atoms with Gasteiger partial charge < -0.3 is 10.5 Å². The molecule has 1 aliphatic heterocycles. The van der Waals surface area contributed by atoms with Crippen LogP contribution in [0.15, 0.2) is 35.5 Å². The molecular weight excluding hydrogens is 318 g/mol. The predicted octanol–water partition coefficient (Wildman–Crippen LogP) is 0.524. The summed E-state index contributed by atoms with van der Waals surface area (Å²) in [4.78, 5) is 12.4. The Morgan fingerprint density at radius 2 is 2.22 bits per heavy atom. The fourth-order valence-corrected chi connectivity index (χ4v) is 3.84. The molecule has 0 amide bonds. The third kappa shape index (κ3) is 3.31. The van der Waals surface area contributed by atoms with Gasteiger partial charge in [-0.05, 0) is 19.1 Å². The Hall–Kier alpha value is -2.10. The van der Waals surface area contributed by atoms with Crippen molar-refractivity contribution in [2.75, 3.05) is 25.4 Å². The Morgan fingerprint density at radius 1 is 1.39 bits per heavy atom. The van der Waals surface area contributed by atoms with E-state index in [1.807, 2.05) is 0 Å². The maximum Gasteiger partial charge on any atom is 0.244 e. The Morgan fingerprint density at radius 3 is 2.91 bits per heavy atom. The highest BCUT2D eigenvalue weighted by atomic mass is 32.2. The van der Waals surface area contributed by atoms with E-state index < -0.39 is 16.1 Å². The summed E-state index contributed by atoms with van der Waals surface area (Å²) < 4.78 is 32.4. The molecule has 122 valence electrons. The summed E-state index contributed by atoms with van der Waals surface area (Å²) in [6, 6.07) is 4.73. The van der Waals surface area contributed by atoms with E-state index in [0.29, 0.717) is 17.3 Å². The van der Waals surface area contributed by atoms with Gasteiger partial charge in [0.2, 0.25) is 10.0 Å². The second kappa shape index (κ2) is 6.19. The van der Waals surface area contributed by atoms with Crippen LogP contribution in [0.2, 0.25) is 0 Å². The number of ether oxygens (including phenoxy) is 1. The second-order valence-corrected chi connectivity index (χ2v) is 7.11. The van der Waals surface area contributed by atoms with Crippen molar-refractivity contribution >= 4 is 15.8 Å². The predicted molar refractivity (Wildman–Crippen MR) is 82.9 cm³/mol. The number of rotatable bonds is 3. The number of aromatic nitrogens is 3. The van der Waals surface area contributed by atoms with Gasteiger partial charge in [0.1, 0.15) is 22.6 Å². The third-order valence-electron chi connectivity index (χ3n) is 3.51. The van der Waals surface area contributed by atoms with Crippen LogP contribution in [0, 0.1) is 6.92 Å². The van der Waals surface area contributed by atoms with Gasteiger partial charge in [0.05, 0.1) is 12.3 Å². The molecule has 1 aliphatic rings. The van der Waals surface area contributed by atoms with E-state index in [1.54, 1.807) is 19.1 Å². The molecule has 1 fully saturated rings. The molecule has 0 unspecified atom stereocenters. The maximum absolute atomic E-state index is 12.7. The average molecular weight is 335 g/mol. The van der Waals surface area contributed by atoms with Crippen LogP contribution in [0.5, 0.6) is 0 Å². The molecule has 2 N–H and O–H groups in total. The zero-order valence-electron chi connectivity index (χ0n) is 12.6. The van der Waals surface area contributed by atoms with Crippen LogP contribution in [0.1, 0.15) is 17.6 Å². The lowest BCUT2D eigenvalue weighted by Crippen LogP contribution is -2.42.